The molecule has 1 aliphatic carbocycles. The minimum Gasteiger partial charge on any atom is -0.393 e. The Morgan fingerprint density at radius 2 is 2.12 bits per heavy atom. The van der Waals surface area contributed by atoms with E-state index >= 15 is 0 Å². The fraction of sp³-hybridized carbons (Fsp3) is 0.667. The van der Waals surface area contributed by atoms with Gasteiger partial charge in [-0.1, -0.05) is 25.5 Å². The third-order valence-corrected chi connectivity index (χ3v) is 2.64. The first-order chi connectivity index (χ1) is 7.43. The van der Waals surface area contributed by atoms with E-state index in [0.717, 1.165) is 6.42 Å². The number of allylic oxidation sites excluding steroid dienone is 3. The number of hydrogen-bond donors (Lipinski definition) is 1. The van der Waals surface area contributed by atoms with E-state index in [4.69, 9.17) is 0 Å². The first-order valence-corrected chi connectivity index (χ1v) is 5.58. The molecule has 0 radical (unpaired) electrons. The summed E-state index contributed by atoms with van der Waals surface area (Å²) in [7, 11) is 0. The normalized spacial score (nSPS) is 19.1. The van der Waals surface area contributed by atoms with Crippen LogP contribution < -0.4 is 0 Å². The SMILES string of the molecule is CCC[C@@H](O)CC1=CCCC(C(F)(F)F)=C1. The van der Waals surface area contributed by atoms with Crippen LogP contribution in [0.1, 0.15) is 39.0 Å². The van der Waals surface area contributed by atoms with Crippen LogP contribution in [-0.2, 0) is 0 Å². The topological polar surface area (TPSA) is 20.2 Å². The number of hydrogen-bond acceptors (Lipinski definition) is 1. The molecule has 16 heavy (non-hydrogen) atoms. The van der Waals surface area contributed by atoms with Gasteiger partial charge in [0.2, 0.25) is 0 Å². The van der Waals surface area contributed by atoms with Crippen molar-refractivity contribution in [3.8, 4) is 0 Å². The lowest BCUT2D eigenvalue weighted by molar-refractivity contribution is -0.0941. The minimum atomic E-state index is -4.23. The first kappa shape index (κ1) is 13.3. The lowest BCUT2D eigenvalue weighted by Crippen LogP contribution is -2.15. The van der Waals surface area contributed by atoms with Crippen LogP contribution in [-0.4, -0.2) is 17.4 Å². The molecule has 0 aromatic carbocycles. The summed E-state index contributed by atoms with van der Waals surface area (Å²) in [5, 5.41) is 9.54. The van der Waals surface area contributed by atoms with E-state index in [1.54, 1.807) is 6.08 Å². The Hall–Kier alpha value is -0.770. The Balaban J connectivity index is 2.62. The molecule has 0 amide bonds. The van der Waals surface area contributed by atoms with E-state index < -0.39 is 17.9 Å². The molecule has 0 aromatic rings. The second-order valence-electron chi connectivity index (χ2n) is 4.13. The lowest BCUT2D eigenvalue weighted by Gasteiger charge is -2.18. The first-order valence-electron chi connectivity index (χ1n) is 5.58. The highest BCUT2D eigenvalue weighted by molar-refractivity contribution is 5.30. The molecule has 0 spiro atoms. The molecule has 0 fully saturated rings. The van der Waals surface area contributed by atoms with Gasteiger partial charge < -0.3 is 5.11 Å². The van der Waals surface area contributed by atoms with Gasteiger partial charge in [-0.15, -0.1) is 0 Å². The highest BCUT2D eigenvalue weighted by Crippen LogP contribution is 2.33. The molecule has 0 bridgehead atoms. The molecule has 0 aliphatic heterocycles. The Morgan fingerprint density at radius 1 is 1.44 bits per heavy atom. The second kappa shape index (κ2) is 5.53. The summed E-state index contributed by atoms with van der Waals surface area (Å²) in [6.45, 7) is 1.94. The van der Waals surface area contributed by atoms with Crippen molar-refractivity contribution in [2.75, 3.05) is 0 Å². The second-order valence-corrected chi connectivity index (χ2v) is 4.13. The molecule has 1 nitrogen and oxygen atoms in total. The fourth-order valence-corrected chi connectivity index (χ4v) is 1.84. The van der Waals surface area contributed by atoms with Crippen molar-refractivity contribution in [1.29, 1.82) is 0 Å². The molecule has 1 N–H and O–H groups in total. The number of aliphatic hydroxyl groups excluding tert-OH is 1. The average Bonchev–Trinajstić information content (AvgIpc) is 2.17. The third kappa shape index (κ3) is 4.00. The quantitative estimate of drug-likeness (QED) is 0.785. The van der Waals surface area contributed by atoms with Gasteiger partial charge in [0, 0.05) is 5.57 Å². The number of aliphatic hydroxyl groups is 1. The monoisotopic (exact) mass is 234 g/mol. The zero-order valence-electron chi connectivity index (χ0n) is 9.35. The van der Waals surface area contributed by atoms with Gasteiger partial charge in [-0.25, -0.2) is 0 Å². The van der Waals surface area contributed by atoms with Gasteiger partial charge in [0.05, 0.1) is 6.10 Å². The summed E-state index contributed by atoms with van der Waals surface area (Å²) < 4.78 is 37.3. The summed E-state index contributed by atoms with van der Waals surface area (Å²) in [6, 6.07) is 0. The van der Waals surface area contributed by atoms with Crippen LogP contribution in [0.5, 0.6) is 0 Å². The van der Waals surface area contributed by atoms with Gasteiger partial charge in [0.25, 0.3) is 0 Å². The minimum absolute atomic E-state index is 0.0525. The van der Waals surface area contributed by atoms with Crippen LogP contribution in [0.3, 0.4) is 0 Å². The lowest BCUT2D eigenvalue weighted by atomic mass is 9.94. The molecule has 4 heteroatoms. The Morgan fingerprint density at radius 3 is 2.69 bits per heavy atom. The van der Waals surface area contributed by atoms with Gasteiger partial charge in [-0.05, 0) is 31.3 Å². The largest absolute Gasteiger partial charge is 0.412 e. The third-order valence-electron chi connectivity index (χ3n) is 2.64. The van der Waals surface area contributed by atoms with Crippen LogP contribution in [0, 0.1) is 0 Å². The van der Waals surface area contributed by atoms with Gasteiger partial charge in [0.15, 0.2) is 0 Å². The van der Waals surface area contributed by atoms with Crippen molar-refractivity contribution in [2.45, 2.75) is 51.3 Å². The van der Waals surface area contributed by atoms with E-state index in [1.807, 2.05) is 6.92 Å². The molecule has 1 rings (SSSR count). The predicted molar refractivity (Wildman–Crippen MR) is 57.0 cm³/mol. The van der Waals surface area contributed by atoms with Crippen LogP contribution in [0.25, 0.3) is 0 Å². The summed E-state index contributed by atoms with van der Waals surface area (Å²) in [6.07, 6.45) is 0.479. The standard InChI is InChI=1S/C12H17F3O/c1-2-4-11(16)8-9-5-3-6-10(7-9)12(13,14)15/h5,7,11,16H,2-4,6,8H2,1H3/t11-/m1/s1. The smallest absolute Gasteiger partial charge is 0.393 e. The molecule has 1 atom stereocenters. The maximum atomic E-state index is 12.4. The summed E-state index contributed by atoms with van der Waals surface area (Å²) >= 11 is 0. The molecule has 0 saturated heterocycles. The maximum absolute atomic E-state index is 12.4. The van der Waals surface area contributed by atoms with Crippen molar-refractivity contribution >= 4 is 0 Å². The number of halogens is 3. The maximum Gasteiger partial charge on any atom is 0.412 e. The van der Waals surface area contributed by atoms with Crippen molar-refractivity contribution in [1.82, 2.24) is 0 Å². The Labute approximate surface area is 93.7 Å². The van der Waals surface area contributed by atoms with E-state index in [2.05, 4.69) is 0 Å². The van der Waals surface area contributed by atoms with Crippen LogP contribution in [0.15, 0.2) is 23.3 Å². The number of rotatable bonds is 4. The van der Waals surface area contributed by atoms with Crippen molar-refractivity contribution in [3.05, 3.63) is 23.3 Å². The number of alkyl halides is 3. The van der Waals surface area contributed by atoms with Gasteiger partial charge >= 0.3 is 6.18 Å². The van der Waals surface area contributed by atoms with Crippen molar-refractivity contribution in [2.24, 2.45) is 0 Å². The molecule has 0 saturated carbocycles. The average molecular weight is 234 g/mol. The van der Waals surface area contributed by atoms with Crippen molar-refractivity contribution < 1.29 is 18.3 Å². The summed E-state index contributed by atoms with van der Waals surface area (Å²) in [5.74, 6) is 0. The fourth-order valence-electron chi connectivity index (χ4n) is 1.84. The van der Waals surface area contributed by atoms with Crippen molar-refractivity contribution in [3.63, 3.8) is 0 Å². The van der Waals surface area contributed by atoms with Gasteiger partial charge in [-0.3, -0.25) is 0 Å². The molecule has 1 aliphatic rings. The molecule has 0 unspecified atom stereocenters. The zero-order chi connectivity index (χ0) is 12.2. The Kier molecular flexibility index (Phi) is 4.59. The highest BCUT2D eigenvalue weighted by Gasteiger charge is 2.33. The summed E-state index contributed by atoms with van der Waals surface area (Å²) in [4.78, 5) is 0. The van der Waals surface area contributed by atoms with E-state index in [9.17, 15) is 18.3 Å². The van der Waals surface area contributed by atoms with Gasteiger partial charge in [0.1, 0.15) is 0 Å². The van der Waals surface area contributed by atoms with E-state index in [1.165, 1.54) is 6.08 Å². The highest BCUT2D eigenvalue weighted by atomic mass is 19.4. The zero-order valence-corrected chi connectivity index (χ0v) is 9.35. The molecule has 92 valence electrons. The van der Waals surface area contributed by atoms with E-state index in [-0.39, 0.29) is 6.42 Å². The summed E-state index contributed by atoms with van der Waals surface area (Å²) in [5.41, 5.74) is 0.133. The molecular formula is C12H17F3O. The molecular weight excluding hydrogens is 217 g/mol. The predicted octanol–water partition coefficient (Wildman–Crippen LogP) is 3.75. The van der Waals surface area contributed by atoms with Crippen LogP contribution >= 0.6 is 0 Å². The molecule has 0 heterocycles. The molecule has 0 aromatic heterocycles. The van der Waals surface area contributed by atoms with Crippen LogP contribution in [0.2, 0.25) is 0 Å². The Bertz CT molecular complexity index is 289. The van der Waals surface area contributed by atoms with E-state index in [0.29, 0.717) is 24.8 Å². The van der Waals surface area contributed by atoms with Gasteiger partial charge in [-0.2, -0.15) is 13.2 Å². The van der Waals surface area contributed by atoms with Crippen LogP contribution in [0.4, 0.5) is 13.2 Å².